The summed E-state index contributed by atoms with van der Waals surface area (Å²) in [6.07, 6.45) is 0. The molecule has 2 rings (SSSR count). The summed E-state index contributed by atoms with van der Waals surface area (Å²) >= 11 is 0. The molecule has 0 aliphatic carbocycles. The van der Waals surface area contributed by atoms with Crippen molar-refractivity contribution < 1.29 is 9.47 Å². The summed E-state index contributed by atoms with van der Waals surface area (Å²) in [6, 6.07) is 17.5. The van der Waals surface area contributed by atoms with Crippen molar-refractivity contribution in [3.8, 4) is 17.6 Å². The van der Waals surface area contributed by atoms with E-state index in [2.05, 4.69) is 5.32 Å². The largest absolute Gasteiger partial charge is 0.494 e. The Morgan fingerprint density at radius 2 is 1.86 bits per heavy atom. The molecule has 0 fully saturated rings. The second-order valence-electron chi connectivity index (χ2n) is 4.41. The van der Waals surface area contributed by atoms with E-state index in [0.717, 1.165) is 11.4 Å². The van der Waals surface area contributed by atoms with Crippen molar-refractivity contribution in [2.45, 2.75) is 13.5 Å². The molecule has 0 saturated heterocycles. The summed E-state index contributed by atoms with van der Waals surface area (Å²) in [4.78, 5) is 0. The molecule has 0 aliphatic rings. The predicted octanol–water partition coefficient (Wildman–Crippen LogP) is 3.60. The van der Waals surface area contributed by atoms with Crippen molar-refractivity contribution in [1.82, 2.24) is 0 Å². The lowest BCUT2D eigenvalue weighted by Gasteiger charge is -2.09. The van der Waals surface area contributed by atoms with Crippen molar-refractivity contribution in [2.24, 2.45) is 0 Å². The summed E-state index contributed by atoms with van der Waals surface area (Å²) in [5.41, 5.74) is 2.13. The zero-order valence-electron chi connectivity index (χ0n) is 12.0. The van der Waals surface area contributed by atoms with Gasteiger partial charge in [-0.05, 0) is 36.8 Å². The van der Waals surface area contributed by atoms with E-state index in [4.69, 9.17) is 14.7 Å². The molecule has 0 atom stereocenters. The first-order valence-corrected chi connectivity index (χ1v) is 6.87. The minimum absolute atomic E-state index is 0.0579. The maximum Gasteiger partial charge on any atom is 0.174 e. The van der Waals surface area contributed by atoms with E-state index in [-0.39, 0.29) is 6.61 Å². The molecule has 0 amide bonds. The first kappa shape index (κ1) is 14.7. The number of nitrogens with one attached hydrogen (secondary N) is 1. The van der Waals surface area contributed by atoms with Gasteiger partial charge in [-0.3, -0.25) is 0 Å². The minimum Gasteiger partial charge on any atom is -0.494 e. The van der Waals surface area contributed by atoms with Crippen LogP contribution in [0, 0.1) is 11.3 Å². The lowest BCUT2D eigenvalue weighted by Crippen LogP contribution is -2.00. The van der Waals surface area contributed by atoms with Crippen LogP contribution in [-0.4, -0.2) is 13.2 Å². The molecule has 4 nitrogen and oxygen atoms in total. The van der Waals surface area contributed by atoms with E-state index >= 15 is 0 Å². The van der Waals surface area contributed by atoms with Crippen LogP contribution >= 0.6 is 0 Å². The van der Waals surface area contributed by atoms with Gasteiger partial charge in [-0.1, -0.05) is 18.2 Å². The normalized spacial score (nSPS) is 9.71. The highest BCUT2D eigenvalue weighted by Gasteiger charge is 1.98. The molecular weight excluding hydrogens is 264 g/mol. The highest BCUT2D eigenvalue weighted by Crippen LogP contribution is 2.18. The van der Waals surface area contributed by atoms with E-state index < -0.39 is 0 Å². The van der Waals surface area contributed by atoms with Crippen LogP contribution in [0.15, 0.2) is 48.5 Å². The highest BCUT2D eigenvalue weighted by atomic mass is 16.5. The van der Waals surface area contributed by atoms with E-state index in [1.54, 1.807) is 0 Å². The van der Waals surface area contributed by atoms with E-state index in [0.29, 0.717) is 18.9 Å². The SMILES string of the molecule is CCOc1ccc(CNc2cccc(OCC#N)c2)cc1. The lowest BCUT2D eigenvalue weighted by atomic mass is 10.2. The Labute approximate surface area is 124 Å². The van der Waals surface area contributed by atoms with Crippen LogP contribution in [0.5, 0.6) is 11.5 Å². The molecular formula is C17H18N2O2. The number of nitrogens with zero attached hydrogens (tertiary/aromatic N) is 1. The quantitative estimate of drug-likeness (QED) is 0.843. The van der Waals surface area contributed by atoms with Crippen LogP contribution < -0.4 is 14.8 Å². The van der Waals surface area contributed by atoms with Crippen molar-refractivity contribution >= 4 is 5.69 Å². The number of benzene rings is 2. The number of hydrogen-bond acceptors (Lipinski definition) is 4. The van der Waals surface area contributed by atoms with Gasteiger partial charge in [0, 0.05) is 18.3 Å². The Morgan fingerprint density at radius 1 is 1.05 bits per heavy atom. The maximum atomic E-state index is 8.51. The lowest BCUT2D eigenvalue weighted by molar-refractivity contribution is 0.340. The molecule has 2 aromatic rings. The van der Waals surface area contributed by atoms with E-state index in [1.165, 1.54) is 5.56 Å². The van der Waals surface area contributed by atoms with Gasteiger partial charge >= 0.3 is 0 Å². The average molecular weight is 282 g/mol. The third-order valence-electron chi connectivity index (χ3n) is 2.87. The molecule has 0 spiro atoms. The van der Waals surface area contributed by atoms with Crippen LogP contribution in [0.25, 0.3) is 0 Å². The number of anilines is 1. The smallest absolute Gasteiger partial charge is 0.174 e. The molecule has 0 radical (unpaired) electrons. The molecule has 0 aliphatic heterocycles. The fourth-order valence-corrected chi connectivity index (χ4v) is 1.89. The number of hydrogen-bond donors (Lipinski definition) is 1. The number of rotatable bonds is 7. The Kier molecular flexibility index (Phi) is 5.48. The van der Waals surface area contributed by atoms with Gasteiger partial charge in [0.05, 0.1) is 6.61 Å². The molecule has 0 bridgehead atoms. The summed E-state index contributed by atoms with van der Waals surface area (Å²) in [5, 5.41) is 11.8. The summed E-state index contributed by atoms with van der Waals surface area (Å²) in [6.45, 7) is 3.42. The first-order chi connectivity index (χ1) is 10.3. The number of ether oxygens (including phenoxy) is 2. The van der Waals surface area contributed by atoms with Crippen molar-refractivity contribution in [3.63, 3.8) is 0 Å². The molecule has 1 N–H and O–H groups in total. The molecule has 0 saturated carbocycles. The third-order valence-corrected chi connectivity index (χ3v) is 2.87. The van der Waals surface area contributed by atoms with Crippen LogP contribution in [0.3, 0.4) is 0 Å². The van der Waals surface area contributed by atoms with Crippen LogP contribution in [0.1, 0.15) is 12.5 Å². The Balaban J connectivity index is 1.91. The minimum atomic E-state index is 0.0579. The van der Waals surface area contributed by atoms with Gasteiger partial charge in [0.25, 0.3) is 0 Å². The Hall–Kier alpha value is -2.67. The molecule has 2 aromatic carbocycles. The van der Waals surface area contributed by atoms with Crippen molar-refractivity contribution in [3.05, 3.63) is 54.1 Å². The molecule has 0 aromatic heterocycles. The Bertz CT molecular complexity index is 603. The molecule has 108 valence electrons. The average Bonchev–Trinajstić information content (AvgIpc) is 2.53. The number of nitriles is 1. The predicted molar refractivity (Wildman–Crippen MR) is 82.5 cm³/mol. The first-order valence-electron chi connectivity index (χ1n) is 6.87. The van der Waals surface area contributed by atoms with Gasteiger partial charge in [0.2, 0.25) is 0 Å². The fourth-order valence-electron chi connectivity index (χ4n) is 1.89. The van der Waals surface area contributed by atoms with Crippen molar-refractivity contribution in [2.75, 3.05) is 18.5 Å². The zero-order chi connectivity index (χ0) is 14.9. The van der Waals surface area contributed by atoms with E-state index in [1.807, 2.05) is 61.5 Å². The zero-order valence-corrected chi connectivity index (χ0v) is 12.0. The second-order valence-corrected chi connectivity index (χ2v) is 4.41. The van der Waals surface area contributed by atoms with Gasteiger partial charge in [0.15, 0.2) is 6.61 Å². The standard InChI is InChI=1S/C17H18N2O2/c1-2-20-16-8-6-14(7-9-16)13-19-15-4-3-5-17(12-15)21-11-10-18/h3-9,12,19H,2,11,13H2,1H3. The molecule has 0 heterocycles. The molecule has 0 unspecified atom stereocenters. The van der Waals surface area contributed by atoms with E-state index in [9.17, 15) is 0 Å². The second kappa shape index (κ2) is 7.81. The topological polar surface area (TPSA) is 54.3 Å². The molecule has 4 heteroatoms. The summed E-state index contributed by atoms with van der Waals surface area (Å²) in [7, 11) is 0. The van der Waals surface area contributed by atoms with Crippen LogP contribution in [0.2, 0.25) is 0 Å². The van der Waals surface area contributed by atoms with Crippen LogP contribution in [0.4, 0.5) is 5.69 Å². The monoisotopic (exact) mass is 282 g/mol. The van der Waals surface area contributed by atoms with Crippen molar-refractivity contribution in [1.29, 1.82) is 5.26 Å². The van der Waals surface area contributed by atoms with Crippen LogP contribution in [-0.2, 0) is 6.54 Å². The van der Waals surface area contributed by atoms with Gasteiger partial charge in [-0.2, -0.15) is 5.26 Å². The maximum absolute atomic E-state index is 8.51. The van der Waals surface area contributed by atoms with Gasteiger partial charge in [-0.15, -0.1) is 0 Å². The van der Waals surface area contributed by atoms with Gasteiger partial charge in [0.1, 0.15) is 17.6 Å². The summed E-state index contributed by atoms with van der Waals surface area (Å²) in [5.74, 6) is 1.57. The van der Waals surface area contributed by atoms with Gasteiger partial charge < -0.3 is 14.8 Å². The third kappa shape index (κ3) is 4.73. The van der Waals surface area contributed by atoms with Gasteiger partial charge in [-0.25, -0.2) is 0 Å². The Morgan fingerprint density at radius 3 is 2.57 bits per heavy atom. The fraction of sp³-hybridized carbons (Fsp3) is 0.235. The summed E-state index contributed by atoms with van der Waals surface area (Å²) < 4.78 is 10.7. The highest BCUT2D eigenvalue weighted by molar-refractivity contribution is 5.48. The molecule has 21 heavy (non-hydrogen) atoms.